The predicted molar refractivity (Wildman–Crippen MR) is 61.7 cm³/mol. The van der Waals surface area contributed by atoms with Crippen LogP contribution < -0.4 is 5.73 Å². The highest BCUT2D eigenvalue weighted by Crippen LogP contribution is 2.33. The Morgan fingerprint density at radius 2 is 2.33 bits per heavy atom. The lowest BCUT2D eigenvalue weighted by atomic mass is 9.85. The van der Waals surface area contributed by atoms with Crippen LogP contribution in [0.25, 0.3) is 0 Å². The minimum absolute atomic E-state index is 0.131. The van der Waals surface area contributed by atoms with E-state index in [1.807, 2.05) is 6.08 Å². The van der Waals surface area contributed by atoms with Gasteiger partial charge in [0.15, 0.2) is 0 Å². The van der Waals surface area contributed by atoms with E-state index in [0.717, 1.165) is 25.7 Å². The molecule has 1 saturated carbocycles. The molecule has 2 aliphatic rings. The molecule has 2 fully saturated rings. The van der Waals surface area contributed by atoms with Crippen LogP contribution in [0.4, 0.5) is 0 Å². The summed E-state index contributed by atoms with van der Waals surface area (Å²) in [6.07, 6.45) is 4.66. The van der Waals surface area contributed by atoms with E-state index < -0.39 is 0 Å². The van der Waals surface area contributed by atoms with Gasteiger partial charge in [0, 0.05) is 30.6 Å². The number of ether oxygens (including phenoxy) is 1. The molecule has 0 aromatic carbocycles. The highest BCUT2D eigenvalue weighted by atomic mass is 16.5. The van der Waals surface area contributed by atoms with Gasteiger partial charge in [0.05, 0.1) is 13.2 Å². The average Bonchev–Trinajstić information content (AvgIpc) is 2.96. The summed E-state index contributed by atoms with van der Waals surface area (Å²) in [5.74, 6) is 0. The summed E-state index contributed by atoms with van der Waals surface area (Å²) in [7, 11) is 0. The van der Waals surface area contributed by atoms with Crippen LogP contribution in [-0.4, -0.2) is 43.3 Å². The van der Waals surface area contributed by atoms with Gasteiger partial charge in [-0.05, 0) is 12.8 Å². The molecule has 0 aromatic rings. The summed E-state index contributed by atoms with van der Waals surface area (Å²) < 4.78 is 5.47. The number of rotatable bonds is 5. The first-order valence-corrected chi connectivity index (χ1v) is 5.84. The summed E-state index contributed by atoms with van der Waals surface area (Å²) >= 11 is 0. The Morgan fingerprint density at radius 1 is 1.60 bits per heavy atom. The average molecular weight is 210 g/mol. The summed E-state index contributed by atoms with van der Waals surface area (Å²) in [5.41, 5.74) is 6.23. The molecule has 0 amide bonds. The van der Waals surface area contributed by atoms with E-state index in [0.29, 0.717) is 6.61 Å². The van der Waals surface area contributed by atoms with Crippen LogP contribution in [0.15, 0.2) is 12.7 Å². The lowest BCUT2D eigenvalue weighted by Gasteiger charge is -2.33. The third kappa shape index (κ3) is 2.41. The molecule has 2 rings (SSSR count). The molecule has 15 heavy (non-hydrogen) atoms. The van der Waals surface area contributed by atoms with Crippen molar-refractivity contribution >= 4 is 0 Å². The van der Waals surface area contributed by atoms with Crippen LogP contribution in [0.2, 0.25) is 0 Å². The first-order chi connectivity index (χ1) is 7.15. The van der Waals surface area contributed by atoms with Gasteiger partial charge < -0.3 is 10.5 Å². The normalized spacial score (nSPS) is 36.1. The monoisotopic (exact) mass is 210 g/mol. The fourth-order valence-electron chi connectivity index (χ4n) is 2.30. The molecular formula is C12H22N2O. The molecule has 0 aromatic heterocycles. The fourth-order valence-corrected chi connectivity index (χ4v) is 2.30. The molecule has 1 saturated heterocycles. The zero-order chi connectivity index (χ0) is 10.9. The van der Waals surface area contributed by atoms with Gasteiger partial charge in [-0.1, -0.05) is 13.0 Å². The maximum atomic E-state index is 6.10. The van der Waals surface area contributed by atoms with Crippen molar-refractivity contribution in [1.82, 2.24) is 4.90 Å². The maximum Gasteiger partial charge on any atom is 0.0624 e. The quantitative estimate of drug-likeness (QED) is 0.688. The molecule has 2 N–H and O–H groups in total. The van der Waals surface area contributed by atoms with Crippen molar-refractivity contribution in [2.24, 2.45) is 11.1 Å². The van der Waals surface area contributed by atoms with E-state index in [1.54, 1.807) is 0 Å². The zero-order valence-electron chi connectivity index (χ0n) is 9.61. The van der Waals surface area contributed by atoms with Gasteiger partial charge in [-0.2, -0.15) is 0 Å². The Bertz CT molecular complexity index is 240. The Labute approximate surface area is 92.3 Å². The van der Waals surface area contributed by atoms with Crippen molar-refractivity contribution in [1.29, 1.82) is 0 Å². The van der Waals surface area contributed by atoms with Crippen molar-refractivity contribution in [3.63, 3.8) is 0 Å². The lowest BCUT2D eigenvalue weighted by Crippen LogP contribution is -2.47. The molecule has 2 atom stereocenters. The van der Waals surface area contributed by atoms with Gasteiger partial charge in [-0.25, -0.2) is 0 Å². The molecule has 1 aliphatic heterocycles. The molecule has 1 aliphatic carbocycles. The molecule has 3 heteroatoms. The lowest BCUT2D eigenvalue weighted by molar-refractivity contribution is 0.121. The summed E-state index contributed by atoms with van der Waals surface area (Å²) in [6.45, 7) is 9.60. The van der Waals surface area contributed by atoms with E-state index in [1.165, 1.54) is 12.8 Å². The second kappa shape index (κ2) is 4.24. The van der Waals surface area contributed by atoms with Crippen molar-refractivity contribution in [3.8, 4) is 0 Å². The third-order valence-electron chi connectivity index (χ3n) is 3.62. The summed E-state index contributed by atoms with van der Waals surface area (Å²) in [4.78, 5) is 2.50. The van der Waals surface area contributed by atoms with Gasteiger partial charge in [0.25, 0.3) is 0 Å². The second-order valence-electron chi connectivity index (χ2n) is 5.22. The molecule has 1 heterocycles. The topological polar surface area (TPSA) is 38.5 Å². The Morgan fingerprint density at radius 3 is 2.80 bits per heavy atom. The molecular weight excluding hydrogens is 188 g/mol. The van der Waals surface area contributed by atoms with Gasteiger partial charge >= 0.3 is 0 Å². The van der Waals surface area contributed by atoms with Crippen molar-refractivity contribution in [2.75, 3.05) is 26.3 Å². The second-order valence-corrected chi connectivity index (χ2v) is 5.22. The molecule has 3 nitrogen and oxygen atoms in total. The van der Waals surface area contributed by atoms with Crippen LogP contribution in [0, 0.1) is 5.41 Å². The zero-order valence-corrected chi connectivity index (χ0v) is 9.61. The predicted octanol–water partition coefficient (Wildman–Crippen LogP) is 1.00. The van der Waals surface area contributed by atoms with Crippen LogP contribution in [0.1, 0.15) is 19.8 Å². The first kappa shape index (κ1) is 11.1. The third-order valence-corrected chi connectivity index (χ3v) is 3.62. The number of nitrogens with zero attached hydrogens (tertiary/aromatic N) is 1. The molecule has 0 radical (unpaired) electrons. The van der Waals surface area contributed by atoms with Gasteiger partial charge in [-0.3, -0.25) is 4.90 Å². The SMILES string of the molecule is C=CCN(CC1(C)COCC1N)C1CC1. The number of nitrogens with two attached hydrogens (primary N) is 1. The fraction of sp³-hybridized carbons (Fsp3) is 0.833. The smallest absolute Gasteiger partial charge is 0.0624 e. The largest absolute Gasteiger partial charge is 0.379 e. The van der Waals surface area contributed by atoms with Crippen molar-refractivity contribution in [3.05, 3.63) is 12.7 Å². The van der Waals surface area contributed by atoms with E-state index in [2.05, 4.69) is 18.4 Å². The van der Waals surface area contributed by atoms with Crippen LogP contribution in [0.3, 0.4) is 0 Å². The molecule has 2 unspecified atom stereocenters. The highest BCUT2D eigenvalue weighted by Gasteiger charge is 2.41. The Hall–Kier alpha value is -0.380. The van der Waals surface area contributed by atoms with Gasteiger partial charge in [0.2, 0.25) is 0 Å². The summed E-state index contributed by atoms with van der Waals surface area (Å²) in [6, 6.07) is 0.955. The molecule has 0 bridgehead atoms. The minimum atomic E-state index is 0.131. The van der Waals surface area contributed by atoms with Crippen molar-refractivity contribution in [2.45, 2.75) is 31.8 Å². The highest BCUT2D eigenvalue weighted by molar-refractivity contribution is 4.97. The van der Waals surface area contributed by atoms with Crippen LogP contribution in [-0.2, 0) is 4.74 Å². The van der Waals surface area contributed by atoms with E-state index in [-0.39, 0.29) is 11.5 Å². The number of hydrogen-bond donors (Lipinski definition) is 1. The van der Waals surface area contributed by atoms with Crippen molar-refractivity contribution < 1.29 is 4.74 Å². The molecule has 86 valence electrons. The maximum absolute atomic E-state index is 6.10. The summed E-state index contributed by atoms with van der Waals surface area (Å²) in [5, 5.41) is 0. The van der Waals surface area contributed by atoms with Gasteiger partial charge in [0.1, 0.15) is 0 Å². The standard InChI is InChI=1S/C12H22N2O/c1-3-6-14(10-4-5-10)8-12(2)9-15-7-11(12)13/h3,10-11H,1,4-9,13H2,2H3. The van der Waals surface area contributed by atoms with Crippen LogP contribution in [0.5, 0.6) is 0 Å². The first-order valence-electron chi connectivity index (χ1n) is 5.84. The van der Waals surface area contributed by atoms with E-state index >= 15 is 0 Å². The molecule has 0 spiro atoms. The van der Waals surface area contributed by atoms with Gasteiger partial charge in [-0.15, -0.1) is 6.58 Å². The van der Waals surface area contributed by atoms with Crippen LogP contribution >= 0.6 is 0 Å². The minimum Gasteiger partial charge on any atom is -0.379 e. The van der Waals surface area contributed by atoms with E-state index in [4.69, 9.17) is 10.5 Å². The number of hydrogen-bond acceptors (Lipinski definition) is 3. The Balaban J connectivity index is 1.94. The van der Waals surface area contributed by atoms with E-state index in [9.17, 15) is 0 Å². The Kier molecular flexibility index (Phi) is 3.14.